The van der Waals surface area contributed by atoms with Crippen LogP contribution in [-0.4, -0.2) is 10.8 Å². The van der Waals surface area contributed by atoms with Crippen molar-refractivity contribution in [3.8, 4) is 6.07 Å². The van der Waals surface area contributed by atoms with Crippen molar-refractivity contribution in [1.29, 1.82) is 5.26 Å². The number of anilines is 1. The number of halogens is 1. The molecular formula is C13H12BrN3O3. The van der Waals surface area contributed by atoms with E-state index in [4.69, 9.17) is 0 Å². The van der Waals surface area contributed by atoms with Gasteiger partial charge in [0.15, 0.2) is 0 Å². The predicted molar refractivity (Wildman–Crippen MR) is 75.9 cm³/mol. The Balaban J connectivity index is 2.20. The lowest BCUT2D eigenvalue weighted by Crippen LogP contribution is -2.32. The number of hydrogen-bond acceptors (Lipinski definition) is 4. The van der Waals surface area contributed by atoms with Crippen molar-refractivity contribution in [3.63, 3.8) is 0 Å². The average molecular weight is 338 g/mol. The number of carbonyl (C=O) groups excluding carboxylic acids is 1. The molecule has 0 heterocycles. The summed E-state index contributed by atoms with van der Waals surface area (Å²) in [4.78, 5) is 22.4. The fourth-order valence-corrected chi connectivity index (χ4v) is 2.79. The van der Waals surface area contributed by atoms with Gasteiger partial charge in [0, 0.05) is 16.6 Å². The van der Waals surface area contributed by atoms with E-state index in [-0.39, 0.29) is 11.6 Å². The minimum Gasteiger partial charge on any atom is -0.324 e. The van der Waals surface area contributed by atoms with E-state index in [1.165, 1.54) is 18.2 Å². The number of non-ortho nitro benzene ring substituents is 1. The Morgan fingerprint density at radius 2 is 2.10 bits per heavy atom. The van der Waals surface area contributed by atoms with Gasteiger partial charge in [-0.05, 0) is 34.8 Å². The molecule has 1 saturated carbocycles. The summed E-state index contributed by atoms with van der Waals surface area (Å²) in [5.41, 5.74) is -0.603. The van der Waals surface area contributed by atoms with Gasteiger partial charge in [-0.15, -0.1) is 0 Å². The Kier molecular flexibility index (Phi) is 4.04. The number of rotatable bonds is 3. The van der Waals surface area contributed by atoms with Gasteiger partial charge in [0.2, 0.25) is 5.91 Å². The predicted octanol–water partition coefficient (Wildman–Crippen LogP) is 3.38. The van der Waals surface area contributed by atoms with Gasteiger partial charge in [-0.1, -0.05) is 12.8 Å². The van der Waals surface area contributed by atoms with Crippen molar-refractivity contribution in [2.24, 2.45) is 5.41 Å². The van der Waals surface area contributed by atoms with Gasteiger partial charge in [0.05, 0.1) is 16.7 Å². The quantitative estimate of drug-likeness (QED) is 0.675. The van der Waals surface area contributed by atoms with E-state index in [0.29, 0.717) is 23.0 Å². The molecule has 1 aliphatic carbocycles. The summed E-state index contributed by atoms with van der Waals surface area (Å²) < 4.78 is 0.422. The second kappa shape index (κ2) is 5.59. The van der Waals surface area contributed by atoms with Gasteiger partial charge in [0.25, 0.3) is 5.69 Å². The molecule has 0 unspecified atom stereocenters. The van der Waals surface area contributed by atoms with Crippen molar-refractivity contribution < 1.29 is 9.72 Å². The number of nitro benzene ring substituents is 1. The van der Waals surface area contributed by atoms with Crippen LogP contribution < -0.4 is 5.32 Å². The van der Waals surface area contributed by atoms with Crippen LogP contribution in [0.15, 0.2) is 22.7 Å². The number of nitro groups is 1. The largest absolute Gasteiger partial charge is 0.324 e. The molecule has 0 bridgehead atoms. The minimum absolute atomic E-state index is 0.0641. The van der Waals surface area contributed by atoms with Gasteiger partial charge in [-0.25, -0.2) is 0 Å². The number of amides is 1. The third-order valence-electron chi connectivity index (χ3n) is 3.52. The summed E-state index contributed by atoms with van der Waals surface area (Å²) in [7, 11) is 0. The van der Waals surface area contributed by atoms with E-state index in [0.717, 1.165) is 12.8 Å². The van der Waals surface area contributed by atoms with Crippen molar-refractivity contribution in [1.82, 2.24) is 0 Å². The zero-order chi connectivity index (χ0) is 14.8. The summed E-state index contributed by atoms with van der Waals surface area (Å²) in [5, 5.41) is 22.6. The zero-order valence-corrected chi connectivity index (χ0v) is 12.1. The Hall–Kier alpha value is -1.94. The Labute approximate surface area is 124 Å². The maximum atomic E-state index is 12.3. The van der Waals surface area contributed by atoms with Crippen LogP contribution in [-0.2, 0) is 4.79 Å². The summed E-state index contributed by atoms with van der Waals surface area (Å²) in [6, 6.07) is 6.21. The van der Waals surface area contributed by atoms with Crippen LogP contribution in [0.5, 0.6) is 0 Å². The van der Waals surface area contributed by atoms with Crippen molar-refractivity contribution in [2.75, 3.05) is 5.32 Å². The highest BCUT2D eigenvalue weighted by Gasteiger charge is 2.41. The molecule has 7 heteroatoms. The van der Waals surface area contributed by atoms with Gasteiger partial charge in [0.1, 0.15) is 5.41 Å². The van der Waals surface area contributed by atoms with Crippen molar-refractivity contribution >= 4 is 33.2 Å². The van der Waals surface area contributed by atoms with Gasteiger partial charge in [-0.2, -0.15) is 5.26 Å². The molecule has 0 saturated heterocycles. The van der Waals surface area contributed by atoms with E-state index in [2.05, 4.69) is 27.3 Å². The molecule has 1 N–H and O–H groups in total. The maximum Gasteiger partial charge on any atom is 0.270 e. The fourth-order valence-electron chi connectivity index (χ4n) is 2.33. The highest BCUT2D eigenvalue weighted by molar-refractivity contribution is 9.10. The number of carbonyl (C=O) groups is 1. The van der Waals surface area contributed by atoms with Crippen LogP contribution in [0.2, 0.25) is 0 Å². The van der Waals surface area contributed by atoms with Crippen LogP contribution in [0.25, 0.3) is 0 Å². The lowest BCUT2D eigenvalue weighted by atomic mass is 9.87. The first kappa shape index (κ1) is 14.5. The van der Waals surface area contributed by atoms with Crippen LogP contribution >= 0.6 is 15.9 Å². The summed E-state index contributed by atoms with van der Waals surface area (Å²) in [6.07, 6.45) is 2.84. The molecular weight excluding hydrogens is 326 g/mol. The molecule has 1 amide bonds. The molecule has 1 aromatic rings. The van der Waals surface area contributed by atoms with E-state index < -0.39 is 10.3 Å². The topological polar surface area (TPSA) is 96.0 Å². The standard InChI is InChI=1S/C13H12BrN3O3/c14-10-7-9(17(19)20)3-4-11(10)16-12(18)13(8-15)5-1-2-6-13/h3-4,7H,1-2,5-6H2,(H,16,18). The fraction of sp³-hybridized carbons (Fsp3) is 0.385. The van der Waals surface area contributed by atoms with E-state index in [9.17, 15) is 20.2 Å². The first-order valence-corrected chi connectivity index (χ1v) is 6.94. The molecule has 0 spiro atoms. The first-order chi connectivity index (χ1) is 9.48. The third-order valence-corrected chi connectivity index (χ3v) is 4.17. The van der Waals surface area contributed by atoms with Crippen LogP contribution in [0, 0.1) is 26.9 Å². The van der Waals surface area contributed by atoms with Gasteiger partial charge < -0.3 is 5.32 Å². The molecule has 20 heavy (non-hydrogen) atoms. The van der Waals surface area contributed by atoms with Crippen LogP contribution in [0.3, 0.4) is 0 Å². The lowest BCUT2D eigenvalue weighted by Gasteiger charge is -2.19. The number of nitrogens with zero attached hydrogens (tertiary/aromatic N) is 2. The van der Waals surface area contributed by atoms with Crippen LogP contribution in [0.4, 0.5) is 11.4 Å². The number of nitriles is 1. The molecule has 0 aromatic heterocycles. The second-order valence-electron chi connectivity index (χ2n) is 4.78. The van der Waals surface area contributed by atoms with Crippen molar-refractivity contribution in [3.05, 3.63) is 32.8 Å². The van der Waals surface area contributed by atoms with E-state index in [1.54, 1.807) is 0 Å². The highest BCUT2D eigenvalue weighted by atomic mass is 79.9. The Morgan fingerprint density at radius 3 is 2.60 bits per heavy atom. The number of hydrogen-bond donors (Lipinski definition) is 1. The molecule has 0 aliphatic heterocycles. The summed E-state index contributed by atoms with van der Waals surface area (Å²) in [6.45, 7) is 0. The highest BCUT2D eigenvalue weighted by Crippen LogP contribution is 2.39. The average Bonchev–Trinajstić information content (AvgIpc) is 2.90. The van der Waals surface area contributed by atoms with Gasteiger partial charge in [-0.3, -0.25) is 14.9 Å². The lowest BCUT2D eigenvalue weighted by molar-refractivity contribution is -0.384. The minimum atomic E-state index is -0.971. The Bertz CT molecular complexity index is 603. The molecule has 0 radical (unpaired) electrons. The monoisotopic (exact) mass is 337 g/mol. The van der Waals surface area contributed by atoms with E-state index in [1.807, 2.05) is 0 Å². The first-order valence-electron chi connectivity index (χ1n) is 6.15. The zero-order valence-electron chi connectivity index (χ0n) is 10.6. The Morgan fingerprint density at radius 1 is 1.45 bits per heavy atom. The second-order valence-corrected chi connectivity index (χ2v) is 5.63. The maximum absolute atomic E-state index is 12.3. The molecule has 6 nitrogen and oxygen atoms in total. The van der Waals surface area contributed by atoms with Gasteiger partial charge >= 0.3 is 0 Å². The number of nitrogens with one attached hydrogen (secondary N) is 1. The third kappa shape index (κ3) is 2.65. The molecule has 1 fully saturated rings. The van der Waals surface area contributed by atoms with E-state index >= 15 is 0 Å². The smallest absolute Gasteiger partial charge is 0.270 e. The summed E-state index contributed by atoms with van der Waals surface area (Å²) >= 11 is 3.19. The molecule has 2 rings (SSSR count). The number of benzene rings is 1. The van der Waals surface area contributed by atoms with Crippen molar-refractivity contribution in [2.45, 2.75) is 25.7 Å². The summed E-state index contributed by atoms with van der Waals surface area (Å²) in [5.74, 6) is -0.341. The molecule has 1 aliphatic rings. The molecule has 0 atom stereocenters. The molecule has 104 valence electrons. The molecule has 1 aromatic carbocycles. The SMILES string of the molecule is N#CC1(C(=O)Nc2ccc([N+](=O)[O-])cc2Br)CCCC1. The normalized spacial score (nSPS) is 16.4. The van der Waals surface area contributed by atoms with Crippen LogP contribution in [0.1, 0.15) is 25.7 Å².